The van der Waals surface area contributed by atoms with Gasteiger partial charge in [-0.15, -0.1) is 11.3 Å². The Labute approximate surface area is 140 Å². The van der Waals surface area contributed by atoms with Gasteiger partial charge in [-0.05, 0) is 23.3 Å². The van der Waals surface area contributed by atoms with Gasteiger partial charge in [-0.3, -0.25) is 4.79 Å². The van der Waals surface area contributed by atoms with Crippen LogP contribution in [0, 0.1) is 0 Å². The van der Waals surface area contributed by atoms with Crippen molar-refractivity contribution in [1.82, 2.24) is 5.32 Å². The second kappa shape index (κ2) is 7.81. The van der Waals surface area contributed by atoms with Gasteiger partial charge in [0.05, 0.1) is 15.8 Å². The summed E-state index contributed by atoms with van der Waals surface area (Å²) in [6.07, 6.45) is -4.32. The molecule has 2 aromatic rings. The second-order valence-electron chi connectivity index (χ2n) is 4.71. The van der Waals surface area contributed by atoms with Gasteiger partial charge in [-0.1, -0.05) is 35.9 Å². The monoisotopic (exact) mass is 363 g/mol. The minimum absolute atomic E-state index is 0.111. The Balaban J connectivity index is 1.79. The van der Waals surface area contributed by atoms with Crippen molar-refractivity contribution < 1.29 is 22.7 Å². The van der Waals surface area contributed by atoms with Crippen LogP contribution < -0.4 is 5.32 Å². The fourth-order valence-corrected chi connectivity index (χ4v) is 2.70. The van der Waals surface area contributed by atoms with Crippen molar-refractivity contribution in [2.24, 2.45) is 0 Å². The number of carbonyl (C=O) groups is 1. The molecule has 0 unspecified atom stereocenters. The third kappa shape index (κ3) is 6.21. The van der Waals surface area contributed by atoms with E-state index in [1.807, 2.05) is 0 Å². The van der Waals surface area contributed by atoms with Crippen molar-refractivity contribution in [2.75, 3.05) is 6.61 Å². The number of ether oxygens (including phenoxy) is 1. The number of carbonyl (C=O) groups excluding carboxylic acids is 1. The molecule has 0 spiro atoms. The van der Waals surface area contributed by atoms with Crippen LogP contribution in [0.15, 0.2) is 36.4 Å². The topological polar surface area (TPSA) is 38.3 Å². The molecule has 0 fully saturated rings. The summed E-state index contributed by atoms with van der Waals surface area (Å²) in [6.45, 7) is -1.06. The molecule has 1 heterocycles. The van der Waals surface area contributed by atoms with E-state index in [0.29, 0.717) is 21.3 Å². The molecule has 1 N–H and O–H groups in total. The summed E-state index contributed by atoms with van der Waals surface area (Å²) >= 11 is 6.95. The highest BCUT2D eigenvalue weighted by atomic mass is 35.5. The normalized spacial score (nSPS) is 11.5. The molecule has 23 heavy (non-hydrogen) atoms. The Morgan fingerprint density at radius 1 is 1.13 bits per heavy atom. The minimum Gasteiger partial charge on any atom is -0.367 e. The molecule has 8 heteroatoms. The Bertz CT molecular complexity index is 655. The lowest BCUT2D eigenvalue weighted by Gasteiger charge is -2.08. The van der Waals surface area contributed by atoms with Crippen LogP contribution in [0.1, 0.15) is 20.8 Å². The Kier molecular flexibility index (Phi) is 6.04. The van der Waals surface area contributed by atoms with Crippen LogP contribution in [0.2, 0.25) is 4.34 Å². The SMILES string of the molecule is O=C(NCc1ccc(COCC(F)(F)F)cc1)c1ccc(Cl)s1. The number of amides is 1. The molecular weight excluding hydrogens is 351 g/mol. The molecule has 0 radical (unpaired) electrons. The maximum Gasteiger partial charge on any atom is 0.411 e. The van der Waals surface area contributed by atoms with E-state index in [9.17, 15) is 18.0 Å². The zero-order valence-corrected chi connectivity index (χ0v) is 13.4. The summed E-state index contributed by atoms with van der Waals surface area (Å²) < 4.78 is 41.0. The average molecular weight is 364 g/mol. The molecule has 3 nitrogen and oxygen atoms in total. The quantitative estimate of drug-likeness (QED) is 0.825. The van der Waals surface area contributed by atoms with Crippen LogP contribution >= 0.6 is 22.9 Å². The Morgan fingerprint density at radius 3 is 2.35 bits per heavy atom. The second-order valence-corrected chi connectivity index (χ2v) is 6.43. The summed E-state index contributed by atoms with van der Waals surface area (Å²) in [5.74, 6) is -0.223. The van der Waals surface area contributed by atoms with Crippen molar-refractivity contribution in [3.63, 3.8) is 0 Å². The standard InChI is InChI=1S/C15H13ClF3NO2S/c16-13-6-5-12(23-13)14(21)20-7-10-1-3-11(4-2-10)8-22-9-15(17,18)19/h1-6H,7-9H2,(H,20,21). The lowest BCUT2D eigenvalue weighted by molar-refractivity contribution is -0.176. The summed E-state index contributed by atoms with van der Waals surface area (Å²) in [5, 5.41) is 2.74. The van der Waals surface area contributed by atoms with Crippen LogP contribution in [0.3, 0.4) is 0 Å². The molecule has 0 aliphatic rings. The van der Waals surface area contributed by atoms with Crippen molar-refractivity contribution in [2.45, 2.75) is 19.3 Å². The zero-order chi connectivity index (χ0) is 16.9. The highest BCUT2D eigenvalue weighted by molar-refractivity contribution is 7.17. The lowest BCUT2D eigenvalue weighted by Crippen LogP contribution is -2.21. The van der Waals surface area contributed by atoms with Crippen LogP contribution in [-0.4, -0.2) is 18.7 Å². The number of hydrogen-bond donors (Lipinski definition) is 1. The molecule has 1 amide bonds. The Hall–Kier alpha value is -1.57. The molecule has 0 aliphatic carbocycles. The predicted molar refractivity (Wildman–Crippen MR) is 82.7 cm³/mol. The molecule has 0 bridgehead atoms. The predicted octanol–water partition coefficient (Wildman–Crippen LogP) is 4.41. The van der Waals surface area contributed by atoms with Crippen molar-refractivity contribution >= 4 is 28.8 Å². The summed E-state index contributed by atoms with van der Waals surface area (Å²) in [5.41, 5.74) is 1.47. The molecule has 0 aliphatic heterocycles. The van der Waals surface area contributed by atoms with Gasteiger partial charge in [0.15, 0.2) is 0 Å². The molecule has 124 valence electrons. The number of thiophene rings is 1. The highest BCUT2D eigenvalue weighted by Crippen LogP contribution is 2.21. The molecule has 0 saturated heterocycles. The lowest BCUT2D eigenvalue weighted by atomic mass is 10.1. The van der Waals surface area contributed by atoms with Crippen molar-refractivity contribution in [3.8, 4) is 0 Å². The Morgan fingerprint density at radius 2 is 1.78 bits per heavy atom. The molecule has 0 saturated carbocycles. The van der Waals surface area contributed by atoms with Crippen molar-refractivity contribution in [1.29, 1.82) is 0 Å². The molecule has 1 aromatic carbocycles. The first kappa shape index (κ1) is 17.8. The van der Waals surface area contributed by atoms with E-state index in [2.05, 4.69) is 10.1 Å². The van der Waals surface area contributed by atoms with E-state index >= 15 is 0 Å². The van der Waals surface area contributed by atoms with Crippen LogP contribution in [0.25, 0.3) is 0 Å². The van der Waals surface area contributed by atoms with E-state index in [0.717, 1.165) is 5.56 Å². The van der Waals surface area contributed by atoms with Gasteiger partial charge >= 0.3 is 6.18 Å². The summed E-state index contributed by atoms with van der Waals surface area (Å²) in [4.78, 5) is 12.4. The first-order valence-electron chi connectivity index (χ1n) is 6.59. The summed E-state index contributed by atoms with van der Waals surface area (Å²) in [7, 11) is 0. The highest BCUT2D eigenvalue weighted by Gasteiger charge is 2.27. The molecule has 0 atom stereocenters. The van der Waals surface area contributed by atoms with E-state index in [4.69, 9.17) is 11.6 Å². The third-order valence-electron chi connectivity index (χ3n) is 2.81. The maximum atomic E-state index is 12.0. The van der Waals surface area contributed by atoms with Gasteiger partial charge < -0.3 is 10.1 Å². The van der Waals surface area contributed by atoms with Gasteiger partial charge in [0.25, 0.3) is 5.91 Å². The first-order chi connectivity index (χ1) is 10.8. The molecule has 2 rings (SSSR count). The average Bonchev–Trinajstić information content (AvgIpc) is 2.91. The van der Waals surface area contributed by atoms with E-state index in [1.165, 1.54) is 11.3 Å². The van der Waals surface area contributed by atoms with E-state index in [1.54, 1.807) is 36.4 Å². The van der Waals surface area contributed by atoms with Gasteiger partial charge in [0.2, 0.25) is 0 Å². The number of halogens is 4. The van der Waals surface area contributed by atoms with Gasteiger partial charge in [0, 0.05) is 6.54 Å². The number of benzene rings is 1. The van der Waals surface area contributed by atoms with E-state index in [-0.39, 0.29) is 12.5 Å². The van der Waals surface area contributed by atoms with Gasteiger partial charge in [-0.25, -0.2) is 0 Å². The van der Waals surface area contributed by atoms with Gasteiger partial charge in [0.1, 0.15) is 6.61 Å². The summed E-state index contributed by atoms with van der Waals surface area (Å²) in [6, 6.07) is 10.1. The first-order valence-corrected chi connectivity index (χ1v) is 7.79. The molecular formula is C15H13ClF3NO2S. The smallest absolute Gasteiger partial charge is 0.367 e. The van der Waals surface area contributed by atoms with Crippen LogP contribution in [-0.2, 0) is 17.9 Å². The number of alkyl halides is 3. The fraction of sp³-hybridized carbons (Fsp3) is 0.267. The molecule has 1 aromatic heterocycles. The third-order valence-corrected chi connectivity index (χ3v) is 4.04. The largest absolute Gasteiger partial charge is 0.411 e. The number of rotatable bonds is 6. The zero-order valence-electron chi connectivity index (χ0n) is 11.8. The van der Waals surface area contributed by atoms with Crippen molar-refractivity contribution in [3.05, 3.63) is 56.7 Å². The van der Waals surface area contributed by atoms with Gasteiger partial charge in [-0.2, -0.15) is 13.2 Å². The fourth-order valence-electron chi connectivity index (χ4n) is 1.74. The minimum atomic E-state index is -4.32. The number of nitrogens with one attached hydrogen (secondary N) is 1. The maximum absolute atomic E-state index is 12.0. The van der Waals surface area contributed by atoms with Crippen LogP contribution in [0.4, 0.5) is 13.2 Å². The van der Waals surface area contributed by atoms with E-state index < -0.39 is 12.8 Å². The number of hydrogen-bond acceptors (Lipinski definition) is 3. The van der Waals surface area contributed by atoms with Crippen LogP contribution in [0.5, 0.6) is 0 Å².